The summed E-state index contributed by atoms with van der Waals surface area (Å²) < 4.78 is 5.33. The van der Waals surface area contributed by atoms with Crippen LogP contribution in [0.15, 0.2) is 0 Å². The predicted molar refractivity (Wildman–Crippen MR) is 35.2 cm³/mol. The Balaban J connectivity index is 2.12. The topological polar surface area (TPSA) is 52.3 Å². The molecule has 0 aromatic rings. The van der Waals surface area contributed by atoms with Crippen LogP contribution in [0.1, 0.15) is 19.3 Å². The summed E-state index contributed by atoms with van der Waals surface area (Å²) in [5.74, 6) is 0.177. The van der Waals surface area contributed by atoms with Crippen LogP contribution in [0.4, 0.5) is 0 Å². The highest BCUT2D eigenvalue weighted by Crippen LogP contribution is 2.52. The summed E-state index contributed by atoms with van der Waals surface area (Å²) in [5.41, 5.74) is 4.66. The van der Waals surface area contributed by atoms with Crippen LogP contribution in [0, 0.1) is 5.92 Å². The number of amides is 1. The number of hydrogen-bond acceptors (Lipinski definition) is 2. The van der Waals surface area contributed by atoms with Crippen molar-refractivity contribution in [3.8, 4) is 0 Å². The van der Waals surface area contributed by atoms with E-state index in [1.54, 1.807) is 0 Å². The van der Waals surface area contributed by atoms with Crippen LogP contribution in [0.3, 0.4) is 0 Å². The van der Waals surface area contributed by atoms with Crippen LogP contribution >= 0.6 is 0 Å². The molecule has 0 spiro atoms. The average molecular weight is 141 g/mol. The molecule has 2 unspecified atom stereocenters. The summed E-state index contributed by atoms with van der Waals surface area (Å²) in [6, 6.07) is 0. The van der Waals surface area contributed by atoms with Crippen molar-refractivity contribution in [2.24, 2.45) is 11.7 Å². The monoisotopic (exact) mass is 141 g/mol. The number of rotatable bonds is 1. The third-order valence-electron chi connectivity index (χ3n) is 2.52. The molecule has 2 atom stereocenters. The molecule has 56 valence electrons. The van der Waals surface area contributed by atoms with Gasteiger partial charge in [-0.2, -0.15) is 0 Å². The van der Waals surface area contributed by atoms with E-state index in [0.29, 0.717) is 12.5 Å². The molecule has 10 heavy (non-hydrogen) atoms. The van der Waals surface area contributed by atoms with Gasteiger partial charge in [-0.15, -0.1) is 0 Å². The molecule has 1 aliphatic heterocycles. The lowest BCUT2D eigenvalue weighted by molar-refractivity contribution is -0.135. The van der Waals surface area contributed by atoms with Crippen LogP contribution in [0.5, 0.6) is 0 Å². The zero-order valence-electron chi connectivity index (χ0n) is 5.80. The number of carbonyl (C=O) groups excluding carboxylic acids is 1. The maximum Gasteiger partial charge on any atom is 0.249 e. The Labute approximate surface area is 59.5 Å². The van der Waals surface area contributed by atoms with Crippen LogP contribution in [-0.2, 0) is 9.53 Å². The lowest BCUT2D eigenvalue weighted by atomic mass is 10.1. The minimum Gasteiger partial charge on any atom is -0.367 e. The number of nitrogens with two attached hydrogens (primary N) is 1. The lowest BCUT2D eigenvalue weighted by Gasteiger charge is -2.18. The summed E-state index contributed by atoms with van der Waals surface area (Å²) in [6.07, 6.45) is 3.06. The van der Waals surface area contributed by atoms with Crippen molar-refractivity contribution in [2.45, 2.75) is 24.9 Å². The summed E-state index contributed by atoms with van der Waals surface area (Å²) in [6.45, 7) is 0.708. The van der Waals surface area contributed by atoms with Crippen molar-refractivity contribution in [3.05, 3.63) is 0 Å². The fourth-order valence-corrected chi connectivity index (χ4v) is 1.78. The molecule has 1 amide bonds. The van der Waals surface area contributed by atoms with Gasteiger partial charge in [-0.1, -0.05) is 0 Å². The minimum absolute atomic E-state index is 0.266. The van der Waals surface area contributed by atoms with E-state index >= 15 is 0 Å². The maximum absolute atomic E-state index is 10.8. The Kier molecular flexibility index (Phi) is 1.06. The summed E-state index contributed by atoms with van der Waals surface area (Å²) >= 11 is 0. The van der Waals surface area contributed by atoms with Crippen LogP contribution in [0.2, 0.25) is 0 Å². The highest BCUT2D eigenvalue weighted by Gasteiger charge is 2.61. The van der Waals surface area contributed by atoms with Crippen molar-refractivity contribution < 1.29 is 9.53 Å². The number of hydrogen-bond donors (Lipinski definition) is 1. The quantitative estimate of drug-likeness (QED) is 0.560. The Morgan fingerprint density at radius 3 is 3.00 bits per heavy atom. The number of carbonyl (C=O) groups is 1. The second-order valence-electron chi connectivity index (χ2n) is 3.15. The van der Waals surface area contributed by atoms with Gasteiger partial charge in [0.25, 0.3) is 0 Å². The van der Waals surface area contributed by atoms with Gasteiger partial charge in [0.1, 0.15) is 5.60 Å². The zero-order valence-corrected chi connectivity index (χ0v) is 5.80. The van der Waals surface area contributed by atoms with Gasteiger partial charge in [0.15, 0.2) is 0 Å². The molecule has 1 saturated carbocycles. The fraction of sp³-hybridized carbons (Fsp3) is 0.857. The van der Waals surface area contributed by atoms with E-state index in [9.17, 15) is 4.79 Å². The molecule has 0 radical (unpaired) electrons. The molecule has 2 aliphatic rings. The van der Waals surface area contributed by atoms with Crippen molar-refractivity contribution in [2.75, 3.05) is 6.61 Å². The van der Waals surface area contributed by atoms with Crippen LogP contribution in [-0.4, -0.2) is 18.1 Å². The largest absolute Gasteiger partial charge is 0.367 e. The van der Waals surface area contributed by atoms with Crippen molar-refractivity contribution in [1.82, 2.24) is 0 Å². The van der Waals surface area contributed by atoms with Crippen molar-refractivity contribution in [3.63, 3.8) is 0 Å². The molecular formula is C7H11NO2. The summed E-state index contributed by atoms with van der Waals surface area (Å²) in [5, 5.41) is 0. The number of fused-ring (bicyclic) bond motifs is 1. The summed E-state index contributed by atoms with van der Waals surface area (Å²) in [7, 11) is 0. The van der Waals surface area contributed by atoms with E-state index in [1.807, 2.05) is 0 Å². The van der Waals surface area contributed by atoms with Gasteiger partial charge in [0.05, 0.1) is 0 Å². The molecule has 1 heterocycles. The van der Waals surface area contributed by atoms with Gasteiger partial charge in [0, 0.05) is 12.5 Å². The molecule has 3 nitrogen and oxygen atoms in total. The van der Waals surface area contributed by atoms with Gasteiger partial charge >= 0.3 is 0 Å². The van der Waals surface area contributed by atoms with Gasteiger partial charge < -0.3 is 10.5 Å². The second kappa shape index (κ2) is 1.72. The average Bonchev–Trinajstić information content (AvgIpc) is 2.61. The van der Waals surface area contributed by atoms with E-state index < -0.39 is 5.60 Å². The highest BCUT2D eigenvalue weighted by atomic mass is 16.5. The predicted octanol–water partition coefficient (Wildman–Crippen LogP) is 0.0408. The smallest absolute Gasteiger partial charge is 0.249 e. The lowest BCUT2D eigenvalue weighted by Crippen LogP contribution is -2.37. The molecule has 1 saturated heterocycles. The van der Waals surface area contributed by atoms with E-state index in [1.165, 1.54) is 0 Å². The highest BCUT2D eigenvalue weighted by molar-refractivity contribution is 5.87. The number of primary amides is 1. The minimum atomic E-state index is -0.516. The molecule has 2 fully saturated rings. The molecule has 0 aromatic carbocycles. The van der Waals surface area contributed by atoms with Gasteiger partial charge in [-0.3, -0.25) is 4.79 Å². The summed E-state index contributed by atoms with van der Waals surface area (Å²) in [4.78, 5) is 10.8. The SMILES string of the molecule is NC(=O)C12CC1CCCO2. The van der Waals surface area contributed by atoms with Gasteiger partial charge in [-0.25, -0.2) is 0 Å². The molecule has 1 aliphatic carbocycles. The van der Waals surface area contributed by atoms with Crippen molar-refractivity contribution >= 4 is 5.91 Å². The van der Waals surface area contributed by atoms with Crippen LogP contribution in [0.25, 0.3) is 0 Å². The first-order valence-corrected chi connectivity index (χ1v) is 3.69. The van der Waals surface area contributed by atoms with E-state index in [4.69, 9.17) is 10.5 Å². The standard InChI is InChI=1S/C7H11NO2/c8-6(9)7-4-5(7)2-1-3-10-7/h5H,1-4H2,(H2,8,9). The van der Waals surface area contributed by atoms with E-state index in [2.05, 4.69) is 0 Å². The molecule has 2 N–H and O–H groups in total. The first kappa shape index (κ1) is 6.16. The maximum atomic E-state index is 10.8. The first-order valence-electron chi connectivity index (χ1n) is 3.69. The molecule has 2 rings (SSSR count). The fourth-order valence-electron chi connectivity index (χ4n) is 1.78. The Hall–Kier alpha value is -0.570. The van der Waals surface area contributed by atoms with Crippen molar-refractivity contribution in [1.29, 1.82) is 0 Å². The van der Waals surface area contributed by atoms with Gasteiger partial charge in [-0.05, 0) is 19.3 Å². The van der Waals surface area contributed by atoms with Gasteiger partial charge in [0.2, 0.25) is 5.91 Å². The normalized spacial score (nSPS) is 44.2. The van der Waals surface area contributed by atoms with E-state index in [-0.39, 0.29) is 5.91 Å². The second-order valence-corrected chi connectivity index (χ2v) is 3.15. The Bertz CT molecular complexity index is 180. The molecule has 3 heteroatoms. The number of ether oxygens (including phenoxy) is 1. The molecule has 0 aromatic heterocycles. The Morgan fingerprint density at radius 1 is 1.70 bits per heavy atom. The van der Waals surface area contributed by atoms with E-state index in [0.717, 1.165) is 19.3 Å². The zero-order chi connectivity index (χ0) is 7.19. The van der Waals surface area contributed by atoms with Crippen LogP contribution < -0.4 is 5.73 Å². The third-order valence-corrected chi connectivity index (χ3v) is 2.52. The molecular weight excluding hydrogens is 130 g/mol. The molecule has 0 bridgehead atoms. The third kappa shape index (κ3) is 0.611. The Morgan fingerprint density at radius 2 is 2.50 bits per heavy atom. The first-order chi connectivity index (χ1) is 4.76.